The van der Waals surface area contributed by atoms with Crippen LogP contribution in [-0.2, 0) is 0 Å². The fraction of sp³-hybridized carbons (Fsp3) is 0.571. The van der Waals surface area contributed by atoms with Gasteiger partial charge < -0.3 is 0 Å². The number of hydrogen-bond acceptors (Lipinski definition) is 2. The van der Waals surface area contributed by atoms with E-state index >= 15 is 0 Å². The molecule has 2 aliphatic rings. The minimum absolute atomic E-state index is 0.681. The van der Waals surface area contributed by atoms with Gasteiger partial charge in [0.15, 0.2) is 5.83 Å². The van der Waals surface area contributed by atoms with Crippen molar-refractivity contribution in [2.24, 2.45) is 17.8 Å². The minimum atomic E-state index is -0.723. The van der Waals surface area contributed by atoms with Crippen LogP contribution < -0.4 is 0 Å². The van der Waals surface area contributed by atoms with Gasteiger partial charge in [-0.3, -0.25) is 0 Å². The Morgan fingerprint density at radius 3 is 1.94 bits per heavy atom. The predicted molar refractivity (Wildman–Crippen MR) is 124 cm³/mol. The van der Waals surface area contributed by atoms with Crippen LogP contribution in [0.5, 0.6) is 0 Å². The summed E-state index contributed by atoms with van der Waals surface area (Å²) in [7, 11) is 0. The highest BCUT2D eigenvalue weighted by Gasteiger charge is 2.25. The highest BCUT2D eigenvalue weighted by Crippen LogP contribution is 2.40. The number of hydrogen-bond donors (Lipinski definition) is 0. The van der Waals surface area contributed by atoms with E-state index in [0.717, 1.165) is 29.7 Å². The summed E-state index contributed by atoms with van der Waals surface area (Å²) in [4.78, 5) is 0. The Balaban J connectivity index is 1.28. The van der Waals surface area contributed by atoms with E-state index in [0.29, 0.717) is 5.92 Å². The van der Waals surface area contributed by atoms with Crippen molar-refractivity contribution in [2.45, 2.75) is 83.0 Å². The van der Waals surface area contributed by atoms with Gasteiger partial charge in [-0.1, -0.05) is 62.8 Å². The summed E-state index contributed by atoms with van der Waals surface area (Å²) in [5.41, 5.74) is 2.17. The highest BCUT2D eigenvalue weighted by atomic mass is 19.1. The molecular weight excluding hydrogens is 383 g/mol. The average molecular weight is 419 g/mol. The number of nitrogens with zero attached hydrogens (tertiary/aromatic N) is 2. The Hall–Kier alpha value is -2.39. The molecule has 0 aliphatic heterocycles. The van der Waals surface area contributed by atoms with Crippen LogP contribution in [-0.4, -0.2) is 0 Å². The number of nitriles is 2. The van der Waals surface area contributed by atoms with Gasteiger partial charge in [0.2, 0.25) is 0 Å². The van der Waals surface area contributed by atoms with E-state index in [1.54, 1.807) is 6.08 Å². The van der Waals surface area contributed by atoms with E-state index in [-0.39, 0.29) is 0 Å². The molecule has 0 unspecified atom stereocenters. The van der Waals surface area contributed by atoms with Gasteiger partial charge in [0, 0.05) is 0 Å². The first kappa shape index (κ1) is 23.3. The third kappa shape index (κ3) is 7.66. The van der Waals surface area contributed by atoms with Crippen molar-refractivity contribution in [2.75, 3.05) is 0 Å². The summed E-state index contributed by atoms with van der Waals surface area (Å²) < 4.78 is 12.7. The summed E-state index contributed by atoms with van der Waals surface area (Å²) in [6.07, 6.45) is 20.6. The molecule has 3 rings (SSSR count). The molecule has 31 heavy (non-hydrogen) atoms. The van der Waals surface area contributed by atoms with E-state index in [1.807, 2.05) is 18.2 Å². The van der Waals surface area contributed by atoms with Crippen LogP contribution in [0.1, 0.15) is 94.1 Å². The SMILES string of the molecule is N#CC(F)=CC=CCC[C@H]1CC[C@H](CC[C@H]2CC[C@H](c3ccc(C#N)cc3)CC2)CC1. The fourth-order valence-electron chi connectivity index (χ4n) is 5.51. The van der Waals surface area contributed by atoms with Gasteiger partial charge in [0.1, 0.15) is 6.07 Å². The van der Waals surface area contributed by atoms with Crippen LogP contribution in [0.25, 0.3) is 0 Å². The molecule has 0 aromatic heterocycles. The van der Waals surface area contributed by atoms with Crippen molar-refractivity contribution in [1.82, 2.24) is 0 Å². The summed E-state index contributed by atoms with van der Waals surface area (Å²) >= 11 is 0. The number of allylic oxidation sites excluding steroid dienone is 4. The second-order valence-corrected chi connectivity index (χ2v) is 9.55. The molecule has 0 radical (unpaired) electrons. The monoisotopic (exact) mass is 418 g/mol. The molecule has 0 spiro atoms. The van der Waals surface area contributed by atoms with Gasteiger partial charge in [0.25, 0.3) is 0 Å². The van der Waals surface area contributed by atoms with Crippen molar-refractivity contribution in [1.29, 1.82) is 10.5 Å². The van der Waals surface area contributed by atoms with Gasteiger partial charge in [-0.2, -0.15) is 14.9 Å². The standard InChI is InChI=1S/C28H35FN2/c29-28(21-31)5-3-1-2-4-22-6-8-23(9-7-22)10-11-24-12-16-26(17-13-24)27-18-14-25(20-30)15-19-27/h1,3,5,14-15,18-19,22-24,26H,2,4,6-13,16-17H2/t22-,23-,24-,26-. The van der Waals surface area contributed by atoms with Crippen LogP contribution in [0.4, 0.5) is 4.39 Å². The van der Waals surface area contributed by atoms with Crippen molar-refractivity contribution in [3.8, 4) is 12.1 Å². The molecule has 1 aromatic rings. The Morgan fingerprint density at radius 2 is 1.39 bits per heavy atom. The topological polar surface area (TPSA) is 47.6 Å². The van der Waals surface area contributed by atoms with Crippen LogP contribution in [0.3, 0.4) is 0 Å². The predicted octanol–water partition coefficient (Wildman–Crippen LogP) is 8.13. The van der Waals surface area contributed by atoms with Gasteiger partial charge in [-0.05, 0) is 86.0 Å². The Morgan fingerprint density at radius 1 is 0.839 bits per heavy atom. The second kappa shape index (κ2) is 12.5. The lowest BCUT2D eigenvalue weighted by atomic mass is 9.74. The summed E-state index contributed by atoms with van der Waals surface area (Å²) in [6.45, 7) is 0. The molecule has 0 heterocycles. The zero-order valence-corrected chi connectivity index (χ0v) is 18.6. The molecule has 0 N–H and O–H groups in total. The normalized spacial score (nSPS) is 27.0. The van der Waals surface area contributed by atoms with Crippen LogP contribution in [0.15, 0.2) is 48.3 Å². The Kier molecular flexibility index (Phi) is 9.36. The number of benzene rings is 1. The van der Waals surface area contributed by atoms with E-state index in [9.17, 15) is 4.39 Å². The minimum Gasteiger partial charge on any atom is -0.195 e. The zero-order valence-electron chi connectivity index (χ0n) is 18.6. The van der Waals surface area contributed by atoms with Crippen molar-refractivity contribution < 1.29 is 4.39 Å². The van der Waals surface area contributed by atoms with E-state index in [2.05, 4.69) is 18.2 Å². The highest BCUT2D eigenvalue weighted by molar-refractivity contribution is 5.33. The summed E-state index contributed by atoms with van der Waals surface area (Å²) in [5, 5.41) is 17.3. The lowest BCUT2D eigenvalue weighted by molar-refractivity contribution is 0.225. The molecule has 0 bridgehead atoms. The van der Waals surface area contributed by atoms with Crippen LogP contribution in [0.2, 0.25) is 0 Å². The Bertz CT molecular complexity index is 808. The van der Waals surface area contributed by atoms with E-state index < -0.39 is 5.83 Å². The Labute approximate surface area is 187 Å². The van der Waals surface area contributed by atoms with Gasteiger partial charge in [0.05, 0.1) is 11.6 Å². The van der Waals surface area contributed by atoms with Gasteiger partial charge >= 0.3 is 0 Å². The third-order valence-electron chi connectivity index (χ3n) is 7.53. The molecular formula is C28H35FN2. The fourth-order valence-corrected chi connectivity index (χ4v) is 5.51. The van der Waals surface area contributed by atoms with E-state index in [4.69, 9.17) is 10.5 Å². The zero-order chi connectivity index (χ0) is 21.9. The van der Waals surface area contributed by atoms with Crippen molar-refractivity contribution in [3.63, 3.8) is 0 Å². The smallest absolute Gasteiger partial charge is 0.195 e. The molecule has 0 saturated heterocycles. The van der Waals surface area contributed by atoms with E-state index in [1.165, 1.54) is 88.3 Å². The molecule has 0 atom stereocenters. The van der Waals surface area contributed by atoms with Gasteiger partial charge in [-0.25, -0.2) is 0 Å². The summed E-state index contributed by atoms with van der Waals surface area (Å²) in [5.74, 6) is 2.59. The molecule has 1 aromatic carbocycles. The maximum absolute atomic E-state index is 12.7. The first-order valence-corrected chi connectivity index (χ1v) is 12.1. The molecule has 2 nitrogen and oxygen atoms in total. The quantitative estimate of drug-likeness (QED) is 0.316. The molecule has 0 amide bonds. The second-order valence-electron chi connectivity index (χ2n) is 9.55. The maximum atomic E-state index is 12.7. The van der Waals surface area contributed by atoms with Crippen LogP contribution >= 0.6 is 0 Å². The largest absolute Gasteiger partial charge is 0.199 e. The number of rotatable bonds is 8. The lowest BCUT2D eigenvalue weighted by Gasteiger charge is -2.32. The summed E-state index contributed by atoms with van der Waals surface area (Å²) in [6, 6.07) is 11.9. The molecule has 164 valence electrons. The van der Waals surface area contributed by atoms with Crippen molar-refractivity contribution >= 4 is 0 Å². The first-order chi connectivity index (χ1) is 15.2. The van der Waals surface area contributed by atoms with Gasteiger partial charge in [-0.15, -0.1) is 0 Å². The molecule has 2 fully saturated rings. The lowest BCUT2D eigenvalue weighted by Crippen LogP contribution is -2.17. The maximum Gasteiger partial charge on any atom is 0.199 e. The average Bonchev–Trinajstić information content (AvgIpc) is 2.83. The third-order valence-corrected chi connectivity index (χ3v) is 7.53. The van der Waals surface area contributed by atoms with Crippen molar-refractivity contribution in [3.05, 3.63) is 59.4 Å². The first-order valence-electron chi connectivity index (χ1n) is 12.1. The van der Waals surface area contributed by atoms with Crippen LogP contribution in [0, 0.1) is 40.4 Å². The number of halogens is 1. The molecule has 2 aliphatic carbocycles. The molecule has 3 heteroatoms. The molecule has 2 saturated carbocycles.